The first-order valence-corrected chi connectivity index (χ1v) is 7.77. The summed E-state index contributed by atoms with van der Waals surface area (Å²) in [6.07, 6.45) is 3.81. The summed E-state index contributed by atoms with van der Waals surface area (Å²) in [6.45, 7) is 5.33. The van der Waals surface area contributed by atoms with Crippen LogP contribution in [0.5, 0.6) is 0 Å². The minimum absolute atomic E-state index is 0.0395. The van der Waals surface area contributed by atoms with Crippen molar-refractivity contribution in [2.45, 2.75) is 52.0 Å². The van der Waals surface area contributed by atoms with Gasteiger partial charge in [0.15, 0.2) is 0 Å². The Morgan fingerprint density at radius 1 is 1.27 bits per heavy atom. The fourth-order valence-corrected chi connectivity index (χ4v) is 3.04. The molecule has 2 unspecified atom stereocenters. The first-order valence-electron chi connectivity index (χ1n) is 7.77. The van der Waals surface area contributed by atoms with Gasteiger partial charge in [0.25, 0.3) is 0 Å². The lowest BCUT2D eigenvalue weighted by molar-refractivity contribution is -0.122. The lowest BCUT2D eigenvalue weighted by atomic mass is 9.74. The summed E-state index contributed by atoms with van der Waals surface area (Å²) in [5.74, 6) is -0.345. The molecule has 5 heteroatoms. The molecule has 4 N–H and O–H groups in total. The quantitative estimate of drug-likeness (QED) is 0.802. The number of amides is 2. The number of carbonyl (C=O) groups is 2. The van der Waals surface area contributed by atoms with Gasteiger partial charge >= 0.3 is 0 Å². The number of rotatable bonds is 3. The highest BCUT2D eigenvalue weighted by Crippen LogP contribution is 2.32. The summed E-state index contributed by atoms with van der Waals surface area (Å²) < 4.78 is 0. The van der Waals surface area contributed by atoms with E-state index in [1.165, 1.54) is 6.92 Å². The maximum atomic E-state index is 12.5. The molecule has 1 saturated carbocycles. The van der Waals surface area contributed by atoms with Crippen molar-refractivity contribution in [2.75, 3.05) is 10.6 Å². The van der Waals surface area contributed by atoms with Gasteiger partial charge in [-0.15, -0.1) is 0 Å². The normalized spacial score (nSPS) is 24.6. The summed E-state index contributed by atoms with van der Waals surface area (Å²) in [5, 5.41) is 5.71. The summed E-state index contributed by atoms with van der Waals surface area (Å²) >= 11 is 0. The van der Waals surface area contributed by atoms with Gasteiger partial charge < -0.3 is 16.4 Å². The Bertz CT molecular complexity index is 581. The van der Waals surface area contributed by atoms with E-state index in [0.717, 1.165) is 31.2 Å². The van der Waals surface area contributed by atoms with E-state index in [1.54, 1.807) is 6.07 Å². The van der Waals surface area contributed by atoms with E-state index in [0.29, 0.717) is 11.4 Å². The Labute approximate surface area is 131 Å². The van der Waals surface area contributed by atoms with Crippen LogP contribution in [0.1, 0.15) is 45.1 Å². The number of nitrogens with two attached hydrogens (primary N) is 1. The smallest absolute Gasteiger partial charge is 0.229 e. The molecule has 2 rings (SSSR count). The second kappa shape index (κ2) is 6.48. The van der Waals surface area contributed by atoms with E-state index in [4.69, 9.17) is 5.73 Å². The molecular formula is C17H25N3O2. The van der Waals surface area contributed by atoms with Crippen molar-refractivity contribution in [3.05, 3.63) is 23.8 Å². The molecule has 0 aliphatic heterocycles. The zero-order valence-corrected chi connectivity index (χ0v) is 13.5. The Kier molecular flexibility index (Phi) is 4.86. The topological polar surface area (TPSA) is 84.2 Å². The highest BCUT2D eigenvalue weighted by atomic mass is 16.2. The average Bonchev–Trinajstić information content (AvgIpc) is 2.41. The number of hydrogen-bond donors (Lipinski definition) is 3. The maximum Gasteiger partial charge on any atom is 0.229 e. The molecule has 120 valence electrons. The van der Waals surface area contributed by atoms with Crippen molar-refractivity contribution in [3.8, 4) is 0 Å². The number of anilines is 2. The largest absolute Gasteiger partial charge is 0.326 e. The molecule has 2 atom stereocenters. The molecule has 0 radical (unpaired) electrons. The van der Waals surface area contributed by atoms with Crippen LogP contribution in [0.2, 0.25) is 0 Å². The Morgan fingerprint density at radius 3 is 2.64 bits per heavy atom. The van der Waals surface area contributed by atoms with Crippen molar-refractivity contribution in [1.82, 2.24) is 0 Å². The zero-order valence-electron chi connectivity index (χ0n) is 13.5. The molecule has 2 amide bonds. The second-order valence-corrected chi connectivity index (χ2v) is 6.50. The predicted molar refractivity (Wildman–Crippen MR) is 88.7 cm³/mol. The van der Waals surface area contributed by atoms with Crippen LogP contribution in [0.3, 0.4) is 0 Å². The van der Waals surface area contributed by atoms with Crippen LogP contribution in [0.15, 0.2) is 18.2 Å². The summed E-state index contributed by atoms with van der Waals surface area (Å²) in [4.78, 5) is 23.7. The van der Waals surface area contributed by atoms with Gasteiger partial charge in [0.2, 0.25) is 11.8 Å². The summed E-state index contributed by atoms with van der Waals surface area (Å²) in [5.41, 5.74) is 8.17. The van der Waals surface area contributed by atoms with E-state index >= 15 is 0 Å². The molecule has 22 heavy (non-hydrogen) atoms. The molecular weight excluding hydrogens is 278 g/mol. The standard InChI is InChI=1S/C17H25N3O2/c1-11-7-8-13(10-15(11)19-12(2)21)20-16(22)14-6-4-5-9-17(14,3)18/h7-8,10,14H,4-6,9,18H2,1-3H3,(H,19,21)(H,20,22). The van der Waals surface area contributed by atoms with Crippen LogP contribution in [-0.2, 0) is 9.59 Å². The van der Waals surface area contributed by atoms with Gasteiger partial charge in [-0.2, -0.15) is 0 Å². The van der Waals surface area contributed by atoms with E-state index in [1.807, 2.05) is 26.0 Å². The van der Waals surface area contributed by atoms with Crippen LogP contribution in [-0.4, -0.2) is 17.4 Å². The molecule has 1 aromatic carbocycles. The zero-order chi connectivity index (χ0) is 16.3. The second-order valence-electron chi connectivity index (χ2n) is 6.50. The molecule has 0 aromatic heterocycles. The van der Waals surface area contributed by atoms with Gasteiger partial charge in [-0.05, 0) is 44.4 Å². The maximum absolute atomic E-state index is 12.5. The molecule has 0 bridgehead atoms. The molecule has 5 nitrogen and oxygen atoms in total. The molecule has 1 aromatic rings. The van der Waals surface area contributed by atoms with Crippen molar-refractivity contribution in [2.24, 2.45) is 11.7 Å². The summed E-state index contributed by atoms with van der Waals surface area (Å²) in [6, 6.07) is 5.50. The lowest BCUT2D eigenvalue weighted by Gasteiger charge is -2.37. The van der Waals surface area contributed by atoms with Gasteiger partial charge in [-0.25, -0.2) is 0 Å². The van der Waals surface area contributed by atoms with Crippen LogP contribution in [0.25, 0.3) is 0 Å². The molecule has 0 heterocycles. The third-order valence-electron chi connectivity index (χ3n) is 4.39. The van der Waals surface area contributed by atoms with Gasteiger partial charge in [0.05, 0.1) is 5.92 Å². The van der Waals surface area contributed by atoms with Crippen molar-refractivity contribution >= 4 is 23.2 Å². The van der Waals surface area contributed by atoms with Crippen LogP contribution in [0, 0.1) is 12.8 Å². The fourth-order valence-electron chi connectivity index (χ4n) is 3.04. The number of nitrogens with one attached hydrogen (secondary N) is 2. The van der Waals surface area contributed by atoms with E-state index in [9.17, 15) is 9.59 Å². The van der Waals surface area contributed by atoms with Gasteiger partial charge in [-0.1, -0.05) is 18.9 Å². The number of aryl methyl sites for hydroxylation is 1. The monoisotopic (exact) mass is 303 g/mol. The van der Waals surface area contributed by atoms with Crippen LogP contribution < -0.4 is 16.4 Å². The number of hydrogen-bond acceptors (Lipinski definition) is 3. The fraction of sp³-hybridized carbons (Fsp3) is 0.529. The highest BCUT2D eigenvalue weighted by Gasteiger charge is 2.37. The van der Waals surface area contributed by atoms with E-state index in [-0.39, 0.29) is 17.7 Å². The summed E-state index contributed by atoms with van der Waals surface area (Å²) in [7, 11) is 0. The SMILES string of the molecule is CC(=O)Nc1cc(NC(=O)C2CCCCC2(C)N)ccc1C. The Hall–Kier alpha value is -1.88. The van der Waals surface area contributed by atoms with E-state index in [2.05, 4.69) is 10.6 Å². The average molecular weight is 303 g/mol. The van der Waals surface area contributed by atoms with Crippen molar-refractivity contribution in [3.63, 3.8) is 0 Å². The third-order valence-corrected chi connectivity index (χ3v) is 4.39. The molecule has 1 fully saturated rings. The minimum atomic E-state index is -0.451. The van der Waals surface area contributed by atoms with Crippen LogP contribution >= 0.6 is 0 Å². The number of benzene rings is 1. The number of carbonyl (C=O) groups excluding carboxylic acids is 2. The molecule has 0 saturated heterocycles. The highest BCUT2D eigenvalue weighted by molar-refractivity contribution is 5.95. The Morgan fingerprint density at radius 2 is 2.00 bits per heavy atom. The predicted octanol–water partition coefficient (Wildman–Crippen LogP) is 2.80. The van der Waals surface area contributed by atoms with Crippen molar-refractivity contribution < 1.29 is 9.59 Å². The van der Waals surface area contributed by atoms with Gasteiger partial charge in [0.1, 0.15) is 0 Å². The first-order chi connectivity index (χ1) is 10.3. The first kappa shape index (κ1) is 16.5. The minimum Gasteiger partial charge on any atom is -0.326 e. The van der Waals surface area contributed by atoms with Crippen LogP contribution in [0.4, 0.5) is 11.4 Å². The van der Waals surface area contributed by atoms with Gasteiger partial charge in [-0.3, -0.25) is 9.59 Å². The third kappa shape index (κ3) is 3.85. The molecule has 0 spiro atoms. The Balaban J connectivity index is 2.13. The van der Waals surface area contributed by atoms with E-state index < -0.39 is 5.54 Å². The lowest BCUT2D eigenvalue weighted by Crippen LogP contribution is -2.51. The molecule has 1 aliphatic carbocycles. The molecule has 1 aliphatic rings. The van der Waals surface area contributed by atoms with Gasteiger partial charge in [0, 0.05) is 23.8 Å². The van der Waals surface area contributed by atoms with Crippen molar-refractivity contribution in [1.29, 1.82) is 0 Å².